The second-order valence-corrected chi connectivity index (χ2v) is 5.41. The Balaban J connectivity index is 2.11. The Bertz CT molecular complexity index is 185. The predicted octanol–water partition coefficient (Wildman–Crippen LogP) is 1.42. The molecule has 0 aromatic rings. The van der Waals surface area contributed by atoms with Gasteiger partial charge in [-0.15, -0.1) is 0 Å². The summed E-state index contributed by atoms with van der Waals surface area (Å²) in [5, 5.41) is 8.69. The fourth-order valence-corrected chi connectivity index (χ4v) is 2.70. The van der Waals surface area contributed by atoms with E-state index in [9.17, 15) is 0 Å². The molecule has 1 rings (SSSR count). The van der Waals surface area contributed by atoms with E-state index in [1.165, 1.54) is 38.9 Å². The highest BCUT2D eigenvalue weighted by molar-refractivity contribution is 4.86. The fraction of sp³-hybridized carbons (Fsp3) is 1.00. The zero-order valence-corrected chi connectivity index (χ0v) is 11.2. The smallest absolute Gasteiger partial charge is 0.0431 e. The third kappa shape index (κ3) is 4.40. The maximum atomic E-state index is 8.69. The first-order chi connectivity index (χ1) is 7.65. The molecule has 3 nitrogen and oxygen atoms in total. The lowest BCUT2D eigenvalue weighted by molar-refractivity contribution is 0.249. The van der Waals surface area contributed by atoms with Gasteiger partial charge >= 0.3 is 0 Å². The molecule has 1 aliphatic heterocycles. The van der Waals surface area contributed by atoms with Gasteiger partial charge in [-0.25, -0.2) is 0 Å². The van der Waals surface area contributed by atoms with Crippen LogP contribution in [-0.2, 0) is 0 Å². The van der Waals surface area contributed by atoms with Gasteiger partial charge in [-0.05, 0) is 39.4 Å². The van der Waals surface area contributed by atoms with Crippen LogP contribution in [0.5, 0.6) is 0 Å². The van der Waals surface area contributed by atoms with E-state index < -0.39 is 0 Å². The third-order valence-corrected chi connectivity index (χ3v) is 3.69. The molecular formula is C13H28N2O. The van der Waals surface area contributed by atoms with Crippen molar-refractivity contribution >= 4 is 0 Å². The first-order valence-electron chi connectivity index (χ1n) is 6.64. The van der Waals surface area contributed by atoms with Gasteiger partial charge in [-0.1, -0.05) is 19.8 Å². The van der Waals surface area contributed by atoms with Crippen molar-refractivity contribution in [2.75, 3.05) is 40.3 Å². The Morgan fingerprint density at radius 1 is 1.12 bits per heavy atom. The number of likely N-dealkylation sites (tertiary alicyclic amines) is 1. The summed E-state index contributed by atoms with van der Waals surface area (Å²) in [7, 11) is 4.37. The van der Waals surface area contributed by atoms with Crippen LogP contribution in [-0.4, -0.2) is 61.3 Å². The van der Waals surface area contributed by atoms with E-state index in [4.69, 9.17) is 5.11 Å². The molecular weight excluding hydrogens is 200 g/mol. The molecule has 0 spiro atoms. The average molecular weight is 228 g/mol. The minimum atomic E-state index is 0.351. The van der Waals surface area contributed by atoms with E-state index in [0.717, 1.165) is 18.4 Å². The van der Waals surface area contributed by atoms with Gasteiger partial charge in [0, 0.05) is 25.7 Å². The number of likely N-dealkylation sites (N-methyl/N-ethyl adjacent to an activating group) is 1. The van der Waals surface area contributed by atoms with Gasteiger partial charge in [0.15, 0.2) is 0 Å². The van der Waals surface area contributed by atoms with Crippen molar-refractivity contribution in [3.8, 4) is 0 Å². The van der Waals surface area contributed by atoms with Crippen LogP contribution in [0.15, 0.2) is 0 Å². The Hall–Kier alpha value is -0.120. The van der Waals surface area contributed by atoms with Crippen molar-refractivity contribution in [1.29, 1.82) is 0 Å². The lowest BCUT2D eigenvalue weighted by Gasteiger charge is -2.22. The molecule has 1 saturated heterocycles. The van der Waals surface area contributed by atoms with Crippen LogP contribution in [0.1, 0.15) is 32.6 Å². The number of unbranched alkanes of at least 4 members (excludes halogenated alkanes) is 3. The summed E-state index contributed by atoms with van der Waals surface area (Å²) in [5.74, 6) is 0.799. The molecule has 1 aliphatic rings. The van der Waals surface area contributed by atoms with Crippen molar-refractivity contribution in [3.63, 3.8) is 0 Å². The molecule has 0 aliphatic carbocycles. The number of rotatable bonds is 7. The minimum absolute atomic E-state index is 0.351. The van der Waals surface area contributed by atoms with Crippen LogP contribution in [0.4, 0.5) is 0 Å². The second kappa shape index (κ2) is 7.25. The first kappa shape index (κ1) is 13.9. The van der Waals surface area contributed by atoms with E-state index >= 15 is 0 Å². The van der Waals surface area contributed by atoms with Crippen LogP contribution < -0.4 is 0 Å². The van der Waals surface area contributed by atoms with Crippen molar-refractivity contribution < 1.29 is 5.11 Å². The van der Waals surface area contributed by atoms with E-state index in [2.05, 4.69) is 30.8 Å². The third-order valence-electron chi connectivity index (χ3n) is 3.69. The van der Waals surface area contributed by atoms with Crippen molar-refractivity contribution in [1.82, 2.24) is 9.80 Å². The van der Waals surface area contributed by atoms with Crippen molar-refractivity contribution in [2.24, 2.45) is 5.92 Å². The van der Waals surface area contributed by atoms with Crippen LogP contribution in [0.25, 0.3) is 0 Å². The van der Waals surface area contributed by atoms with Crippen LogP contribution in [0.2, 0.25) is 0 Å². The number of hydrogen-bond donors (Lipinski definition) is 1. The lowest BCUT2D eigenvalue weighted by atomic mass is 10.1. The molecule has 2 unspecified atom stereocenters. The predicted molar refractivity (Wildman–Crippen MR) is 68.6 cm³/mol. The van der Waals surface area contributed by atoms with Crippen molar-refractivity contribution in [2.45, 2.75) is 38.6 Å². The standard InChI is InChI=1S/C13H28N2O/c1-12-10-15(11-13(12)14(2)3)8-6-4-5-7-9-16/h12-13,16H,4-11H2,1-3H3. The lowest BCUT2D eigenvalue weighted by Crippen LogP contribution is -2.34. The Labute approximate surface area is 100 Å². The SMILES string of the molecule is CC1CN(CCCCCCO)CC1N(C)C. The van der Waals surface area contributed by atoms with Gasteiger partial charge in [0.2, 0.25) is 0 Å². The maximum absolute atomic E-state index is 8.69. The van der Waals surface area contributed by atoms with Gasteiger partial charge in [0.1, 0.15) is 0 Å². The Morgan fingerprint density at radius 2 is 1.81 bits per heavy atom. The molecule has 0 amide bonds. The van der Waals surface area contributed by atoms with E-state index in [1.54, 1.807) is 0 Å². The van der Waals surface area contributed by atoms with E-state index in [0.29, 0.717) is 6.61 Å². The topological polar surface area (TPSA) is 26.7 Å². The van der Waals surface area contributed by atoms with Gasteiger partial charge in [-0.3, -0.25) is 0 Å². The Kier molecular flexibility index (Phi) is 6.32. The molecule has 0 aromatic carbocycles. The highest BCUT2D eigenvalue weighted by Crippen LogP contribution is 2.20. The zero-order valence-electron chi connectivity index (χ0n) is 11.2. The summed E-state index contributed by atoms with van der Waals surface area (Å²) < 4.78 is 0. The summed E-state index contributed by atoms with van der Waals surface area (Å²) in [5.41, 5.74) is 0. The minimum Gasteiger partial charge on any atom is -0.396 e. The molecule has 1 heterocycles. The van der Waals surface area contributed by atoms with Crippen LogP contribution in [0.3, 0.4) is 0 Å². The molecule has 0 radical (unpaired) electrons. The first-order valence-corrected chi connectivity index (χ1v) is 6.64. The molecule has 0 bridgehead atoms. The maximum Gasteiger partial charge on any atom is 0.0431 e. The van der Waals surface area contributed by atoms with E-state index in [1.807, 2.05) is 0 Å². The van der Waals surface area contributed by atoms with Crippen molar-refractivity contribution in [3.05, 3.63) is 0 Å². The molecule has 0 saturated carbocycles. The number of nitrogens with zero attached hydrogens (tertiary/aromatic N) is 2. The second-order valence-electron chi connectivity index (χ2n) is 5.41. The molecule has 16 heavy (non-hydrogen) atoms. The summed E-state index contributed by atoms with van der Waals surface area (Å²) in [4.78, 5) is 4.95. The number of aliphatic hydroxyl groups excluding tert-OH is 1. The van der Waals surface area contributed by atoms with Gasteiger partial charge in [0.25, 0.3) is 0 Å². The highest BCUT2D eigenvalue weighted by Gasteiger charge is 2.30. The van der Waals surface area contributed by atoms with Crippen LogP contribution >= 0.6 is 0 Å². The summed E-state index contributed by atoms with van der Waals surface area (Å²) in [6.07, 6.45) is 4.69. The molecule has 1 N–H and O–H groups in total. The summed E-state index contributed by atoms with van der Waals surface area (Å²) in [6, 6.07) is 0.734. The quantitative estimate of drug-likeness (QED) is 0.668. The largest absolute Gasteiger partial charge is 0.396 e. The summed E-state index contributed by atoms with van der Waals surface area (Å²) in [6.45, 7) is 6.43. The van der Waals surface area contributed by atoms with Gasteiger partial charge in [0.05, 0.1) is 0 Å². The number of aliphatic hydroxyl groups is 1. The molecule has 3 heteroatoms. The fourth-order valence-electron chi connectivity index (χ4n) is 2.70. The molecule has 96 valence electrons. The molecule has 1 fully saturated rings. The zero-order chi connectivity index (χ0) is 12.0. The van der Waals surface area contributed by atoms with Gasteiger partial charge < -0.3 is 14.9 Å². The summed E-state index contributed by atoms with van der Waals surface area (Å²) >= 11 is 0. The molecule has 2 atom stereocenters. The molecule has 0 aromatic heterocycles. The normalized spacial score (nSPS) is 26.8. The van der Waals surface area contributed by atoms with Gasteiger partial charge in [-0.2, -0.15) is 0 Å². The average Bonchev–Trinajstić information content (AvgIpc) is 2.59. The van der Waals surface area contributed by atoms with Crippen LogP contribution in [0, 0.1) is 5.92 Å². The monoisotopic (exact) mass is 228 g/mol. The van der Waals surface area contributed by atoms with E-state index in [-0.39, 0.29) is 0 Å². The highest BCUT2D eigenvalue weighted by atomic mass is 16.2. The Morgan fingerprint density at radius 3 is 2.38 bits per heavy atom. The number of hydrogen-bond acceptors (Lipinski definition) is 3.